The molecule has 0 amide bonds. The molecule has 1 saturated heterocycles. The van der Waals surface area contributed by atoms with E-state index >= 15 is 0 Å². The lowest BCUT2D eigenvalue weighted by atomic mass is 10.0. The second kappa shape index (κ2) is 6.84. The van der Waals surface area contributed by atoms with Gasteiger partial charge in [-0.1, -0.05) is 42.5 Å². The van der Waals surface area contributed by atoms with Crippen LogP contribution in [0.3, 0.4) is 0 Å². The molecule has 6 heteroatoms. The third-order valence-corrected chi connectivity index (χ3v) is 6.30. The average molecular weight is 345 g/mol. The predicted octanol–water partition coefficient (Wildman–Crippen LogP) is 2.06. The van der Waals surface area contributed by atoms with Crippen molar-refractivity contribution in [1.29, 1.82) is 0 Å². The number of ketones is 1. The molecule has 24 heavy (non-hydrogen) atoms. The zero-order chi connectivity index (χ0) is 17.2. The summed E-state index contributed by atoms with van der Waals surface area (Å²) in [4.78, 5) is 12.7. The fraction of sp³-hybridized carbons (Fsp3) is 0.278. The van der Waals surface area contributed by atoms with Crippen LogP contribution in [-0.4, -0.2) is 42.8 Å². The summed E-state index contributed by atoms with van der Waals surface area (Å²) in [6.45, 7) is 0.148. The van der Waals surface area contributed by atoms with Crippen LogP contribution in [0.5, 0.6) is 0 Å². The minimum atomic E-state index is -3.83. The first-order valence-corrected chi connectivity index (χ1v) is 9.31. The standard InChI is InChI=1S/C18H19NO4S/c20-13-15-9-6-12-19(15)24(22,23)17-11-5-4-10-16(17)18(21)14-7-2-1-3-8-14/h1-5,7-8,10-11,15,20H,6,9,12-13H2/t15-/m1/s1. The number of nitrogens with zero attached hydrogens (tertiary/aromatic N) is 1. The van der Waals surface area contributed by atoms with Crippen LogP contribution in [0.4, 0.5) is 0 Å². The smallest absolute Gasteiger partial charge is 0.244 e. The number of benzene rings is 2. The Morgan fingerprint density at radius 1 is 1.08 bits per heavy atom. The molecule has 0 spiro atoms. The quantitative estimate of drug-likeness (QED) is 0.842. The van der Waals surface area contributed by atoms with Crippen molar-refractivity contribution in [2.45, 2.75) is 23.8 Å². The monoisotopic (exact) mass is 345 g/mol. The fourth-order valence-electron chi connectivity index (χ4n) is 3.06. The first-order valence-electron chi connectivity index (χ1n) is 7.87. The van der Waals surface area contributed by atoms with Gasteiger partial charge in [0.15, 0.2) is 5.78 Å². The summed E-state index contributed by atoms with van der Waals surface area (Å²) in [5.74, 6) is -0.325. The van der Waals surface area contributed by atoms with Crippen molar-refractivity contribution in [3.63, 3.8) is 0 Å². The van der Waals surface area contributed by atoms with Crippen molar-refractivity contribution in [3.05, 3.63) is 65.7 Å². The molecule has 1 N–H and O–H groups in total. The maximum absolute atomic E-state index is 13.0. The van der Waals surface area contributed by atoms with E-state index in [4.69, 9.17) is 0 Å². The van der Waals surface area contributed by atoms with Crippen molar-refractivity contribution in [3.8, 4) is 0 Å². The third-order valence-electron chi connectivity index (χ3n) is 4.29. The first kappa shape index (κ1) is 16.8. The van der Waals surface area contributed by atoms with Crippen LogP contribution in [0.2, 0.25) is 0 Å². The van der Waals surface area contributed by atoms with Gasteiger partial charge in [-0.05, 0) is 25.0 Å². The molecule has 3 rings (SSSR count). The van der Waals surface area contributed by atoms with E-state index in [1.54, 1.807) is 42.5 Å². The molecule has 126 valence electrons. The summed E-state index contributed by atoms with van der Waals surface area (Å²) in [7, 11) is -3.83. The SMILES string of the molecule is O=C(c1ccccc1)c1ccccc1S(=O)(=O)N1CCC[C@@H]1CO. The third kappa shape index (κ3) is 3.00. The topological polar surface area (TPSA) is 74.7 Å². The van der Waals surface area contributed by atoms with Crippen molar-refractivity contribution < 1.29 is 18.3 Å². The van der Waals surface area contributed by atoms with E-state index < -0.39 is 16.1 Å². The van der Waals surface area contributed by atoms with E-state index in [1.807, 2.05) is 0 Å². The van der Waals surface area contributed by atoms with Gasteiger partial charge >= 0.3 is 0 Å². The Bertz CT molecular complexity index is 833. The van der Waals surface area contributed by atoms with Gasteiger partial charge in [0.05, 0.1) is 11.5 Å². The average Bonchev–Trinajstić information content (AvgIpc) is 3.11. The first-order chi connectivity index (χ1) is 11.6. The number of hydrogen-bond acceptors (Lipinski definition) is 4. The summed E-state index contributed by atoms with van der Waals surface area (Å²) in [5, 5.41) is 9.43. The lowest BCUT2D eigenvalue weighted by Gasteiger charge is -2.23. The Morgan fingerprint density at radius 3 is 2.46 bits per heavy atom. The van der Waals surface area contributed by atoms with Gasteiger partial charge in [0, 0.05) is 23.7 Å². The highest BCUT2D eigenvalue weighted by atomic mass is 32.2. The summed E-state index contributed by atoms with van der Waals surface area (Å²) in [6, 6.07) is 14.5. The molecule has 0 aliphatic carbocycles. The number of aliphatic hydroxyl groups excluding tert-OH is 1. The van der Waals surface area contributed by atoms with Crippen molar-refractivity contribution in [2.24, 2.45) is 0 Å². The molecular formula is C18H19NO4S. The second-order valence-electron chi connectivity index (χ2n) is 5.79. The largest absolute Gasteiger partial charge is 0.395 e. The summed E-state index contributed by atoms with van der Waals surface area (Å²) >= 11 is 0. The van der Waals surface area contributed by atoms with E-state index in [2.05, 4.69) is 0 Å². The van der Waals surface area contributed by atoms with Gasteiger partial charge in [0.25, 0.3) is 0 Å². The number of aliphatic hydroxyl groups is 1. The second-order valence-corrected chi connectivity index (χ2v) is 7.64. The van der Waals surface area contributed by atoms with Crippen LogP contribution in [0.25, 0.3) is 0 Å². The zero-order valence-corrected chi connectivity index (χ0v) is 13.9. The van der Waals surface area contributed by atoms with Crippen LogP contribution >= 0.6 is 0 Å². The number of rotatable bonds is 5. The molecule has 0 bridgehead atoms. The van der Waals surface area contributed by atoms with Gasteiger partial charge in [-0.15, -0.1) is 0 Å². The van der Waals surface area contributed by atoms with Gasteiger partial charge in [0.1, 0.15) is 0 Å². The fourth-order valence-corrected chi connectivity index (χ4v) is 4.93. The maximum atomic E-state index is 13.0. The lowest BCUT2D eigenvalue weighted by Crippen LogP contribution is -2.38. The Labute approximate surface area is 141 Å². The van der Waals surface area contributed by atoms with Gasteiger partial charge < -0.3 is 5.11 Å². The van der Waals surface area contributed by atoms with E-state index in [1.165, 1.54) is 16.4 Å². The molecule has 0 unspecified atom stereocenters. The van der Waals surface area contributed by atoms with Crippen LogP contribution in [0.15, 0.2) is 59.5 Å². The Hall–Kier alpha value is -2.02. The molecule has 1 aliphatic rings. The minimum Gasteiger partial charge on any atom is -0.395 e. The lowest BCUT2D eigenvalue weighted by molar-refractivity contribution is 0.103. The summed E-state index contributed by atoms with van der Waals surface area (Å²) < 4.78 is 27.4. The van der Waals surface area contributed by atoms with Crippen molar-refractivity contribution in [2.75, 3.05) is 13.2 Å². The summed E-state index contributed by atoms with van der Waals surface area (Å²) in [6.07, 6.45) is 1.34. The van der Waals surface area contributed by atoms with Gasteiger partial charge in [-0.25, -0.2) is 8.42 Å². The van der Waals surface area contributed by atoms with Crippen LogP contribution in [-0.2, 0) is 10.0 Å². The molecule has 1 aliphatic heterocycles. The van der Waals surface area contributed by atoms with E-state index in [-0.39, 0.29) is 22.8 Å². The molecule has 1 fully saturated rings. The zero-order valence-electron chi connectivity index (χ0n) is 13.1. The predicted molar refractivity (Wildman–Crippen MR) is 90.3 cm³/mol. The van der Waals surface area contributed by atoms with E-state index in [9.17, 15) is 18.3 Å². The minimum absolute atomic E-state index is 0.000738. The Kier molecular flexibility index (Phi) is 4.80. The highest BCUT2D eigenvalue weighted by Crippen LogP contribution is 2.28. The molecule has 0 saturated carbocycles. The van der Waals surface area contributed by atoms with Gasteiger partial charge in [0.2, 0.25) is 10.0 Å². The summed E-state index contributed by atoms with van der Waals surface area (Å²) in [5.41, 5.74) is 0.604. The van der Waals surface area contributed by atoms with Gasteiger partial charge in [-0.2, -0.15) is 4.31 Å². The van der Waals surface area contributed by atoms with Crippen molar-refractivity contribution >= 4 is 15.8 Å². The van der Waals surface area contributed by atoms with Crippen LogP contribution in [0.1, 0.15) is 28.8 Å². The van der Waals surface area contributed by atoms with Crippen molar-refractivity contribution in [1.82, 2.24) is 4.31 Å². The molecule has 0 radical (unpaired) electrons. The van der Waals surface area contributed by atoms with E-state index in [0.29, 0.717) is 24.9 Å². The highest BCUT2D eigenvalue weighted by Gasteiger charge is 2.36. The van der Waals surface area contributed by atoms with Crippen LogP contribution in [0, 0.1) is 0 Å². The molecule has 5 nitrogen and oxygen atoms in total. The number of carbonyl (C=O) groups is 1. The molecule has 1 heterocycles. The maximum Gasteiger partial charge on any atom is 0.244 e. The molecule has 2 aromatic rings. The van der Waals surface area contributed by atoms with Crippen LogP contribution < -0.4 is 0 Å². The molecule has 0 aromatic heterocycles. The molecular weight excluding hydrogens is 326 g/mol. The highest BCUT2D eigenvalue weighted by molar-refractivity contribution is 7.89. The Balaban J connectivity index is 2.05. The van der Waals surface area contributed by atoms with E-state index in [0.717, 1.165) is 0 Å². The number of sulfonamides is 1. The number of carbonyl (C=O) groups excluding carboxylic acids is 1. The molecule has 2 aromatic carbocycles. The Morgan fingerprint density at radius 2 is 1.75 bits per heavy atom. The number of hydrogen-bond donors (Lipinski definition) is 1. The molecule has 1 atom stereocenters. The normalized spacial score (nSPS) is 18.6. The van der Waals surface area contributed by atoms with Gasteiger partial charge in [-0.3, -0.25) is 4.79 Å².